The number of hydrogen-bond donors (Lipinski definition) is 0. The zero-order valence-corrected chi connectivity index (χ0v) is 13.0. The van der Waals surface area contributed by atoms with Crippen LogP contribution in [0.1, 0.15) is 17.0 Å². The van der Waals surface area contributed by atoms with Crippen LogP contribution in [0.3, 0.4) is 0 Å². The van der Waals surface area contributed by atoms with Crippen LogP contribution in [-0.4, -0.2) is 11.0 Å². The second-order valence-electron chi connectivity index (χ2n) is 4.76. The van der Waals surface area contributed by atoms with E-state index in [0.29, 0.717) is 15.6 Å². The van der Waals surface area contributed by atoms with Gasteiger partial charge >= 0.3 is 0 Å². The first kappa shape index (κ1) is 14.8. The maximum atomic E-state index is 11.0. The third-order valence-electron chi connectivity index (χ3n) is 3.11. The Hall–Kier alpha value is -2.17. The maximum Gasteiger partial charge on any atom is 0.120 e. The van der Waals surface area contributed by atoms with Gasteiger partial charge < -0.3 is 9.90 Å². The normalized spacial score (nSPS) is 11.8. The summed E-state index contributed by atoms with van der Waals surface area (Å²) < 4.78 is 1.03. The number of hydrogen-bond acceptors (Lipinski definition) is 4. The molecular formula is C17H11ClNO2S-. The lowest BCUT2D eigenvalue weighted by Crippen LogP contribution is -2.22. The number of nitrogens with zero attached hydrogens (tertiary/aromatic N) is 1. The van der Waals surface area contributed by atoms with Gasteiger partial charge in [0.1, 0.15) is 5.01 Å². The number of carbonyl (C=O) groups is 1. The molecule has 0 saturated heterocycles. The van der Waals surface area contributed by atoms with Crippen molar-refractivity contribution in [3.8, 4) is 0 Å². The van der Waals surface area contributed by atoms with Crippen LogP contribution in [-0.2, 0) is 4.79 Å². The van der Waals surface area contributed by atoms with Crippen molar-refractivity contribution in [1.82, 2.24) is 4.98 Å². The van der Waals surface area contributed by atoms with Crippen molar-refractivity contribution >= 4 is 50.8 Å². The summed E-state index contributed by atoms with van der Waals surface area (Å²) in [5.74, 6) is -1.13. The largest absolute Gasteiger partial charge is 0.550 e. The molecule has 3 rings (SSSR count). The molecule has 0 spiro atoms. The van der Waals surface area contributed by atoms with Crippen molar-refractivity contribution in [1.29, 1.82) is 0 Å². The lowest BCUT2D eigenvalue weighted by molar-refractivity contribution is -0.304. The lowest BCUT2D eigenvalue weighted by Gasteiger charge is -2.05. The number of carboxylic acids is 1. The molecule has 0 amide bonds. The fourth-order valence-electron chi connectivity index (χ4n) is 2.11. The first-order valence-corrected chi connectivity index (χ1v) is 7.83. The highest BCUT2D eigenvalue weighted by Gasteiger charge is 2.09. The molecule has 0 fully saturated rings. The van der Waals surface area contributed by atoms with Crippen LogP contribution in [0.4, 0.5) is 0 Å². The number of carboxylic acid groups (broad SMARTS) is 1. The third-order valence-corrected chi connectivity index (χ3v) is 4.48. The van der Waals surface area contributed by atoms with Crippen molar-refractivity contribution < 1.29 is 9.90 Å². The van der Waals surface area contributed by atoms with Gasteiger partial charge in [-0.3, -0.25) is 0 Å². The summed E-state index contributed by atoms with van der Waals surface area (Å²) in [5, 5.41) is 12.4. The van der Waals surface area contributed by atoms with Crippen molar-refractivity contribution in [3.05, 3.63) is 64.1 Å². The predicted molar refractivity (Wildman–Crippen MR) is 88.6 cm³/mol. The first-order chi connectivity index (χ1) is 10.6. The quantitative estimate of drug-likeness (QED) is 0.735. The molecule has 0 saturated carbocycles. The van der Waals surface area contributed by atoms with E-state index in [1.807, 2.05) is 42.5 Å². The molecule has 0 aliphatic heterocycles. The van der Waals surface area contributed by atoms with Crippen LogP contribution >= 0.6 is 22.9 Å². The average molecular weight is 329 g/mol. The molecular weight excluding hydrogens is 318 g/mol. The van der Waals surface area contributed by atoms with Gasteiger partial charge in [-0.2, -0.15) is 0 Å². The Kier molecular flexibility index (Phi) is 4.22. The zero-order valence-electron chi connectivity index (χ0n) is 11.5. The molecule has 22 heavy (non-hydrogen) atoms. The second kappa shape index (κ2) is 6.30. The van der Waals surface area contributed by atoms with E-state index in [-0.39, 0.29) is 6.42 Å². The molecule has 0 radical (unpaired) electrons. The topological polar surface area (TPSA) is 53.0 Å². The summed E-state index contributed by atoms with van der Waals surface area (Å²) >= 11 is 7.34. The third kappa shape index (κ3) is 3.35. The summed E-state index contributed by atoms with van der Waals surface area (Å²) in [7, 11) is 0. The summed E-state index contributed by atoms with van der Waals surface area (Å²) in [4.78, 5) is 15.6. The number of halogens is 1. The van der Waals surface area contributed by atoms with Crippen molar-refractivity contribution in [2.45, 2.75) is 6.42 Å². The van der Waals surface area contributed by atoms with Crippen LogP contribution in [0.2, 0.25) is 5.02 Å². The first-order valence-electron chi connectivity index (χ1n) is 6.64. The van der Waals surface area contributed by atoms with E-state index in [2.05, 4.69) is 4.98 Å². The van der Waals surface area contributed by atoms with E-state index < -0.39 is 5.97 Å². The minimum Gasteiger partial charge on any atom is -0.550 e. The summed E-state index contributed by atoms with van der Waals surface area (Å²) in [5.41, 5.74) is 2.37. The monoisotopic (exact) mass is 328 g/mol. The van der Waals surface area contributed by atoms with Crippen LogP contribution in [0.5, 0.6) is 0 Å². The van der Waals surface area contributed by atoms with Crippen LogP contribution in [0.25, 0.3) is 21.9 Å². The highest BCUT2D eigenvalue weighted by molar-refractivity contribution is 7.19. The standard InChI is InChI=1S/C17H12ClNO2S/c18-13-7-5-11(6-8-13)9-12(10-16(20)21)17-19-14-3-1-2-4-15(14)22-17/h1-9H,10H2,(H,20,21)/p-1/b12-9+. The van der Waals surface area contributed by atoms with Crippen LogP contribution in [0, 0.1) is 0 Å². The molecule has 0 atom stereocenters. The molecule has 2 aromatic carbocycles. The number of benzene rings is 2. The number of para-hydroxylation sites is 1. The smallest absolute Gasteiger partial charge is 0.120 e. The van der Waals surface area contributed by atoms with Gasteiger partial charge in [0.05, 0.1) is 10.2 Å². The molecule has 3 aromatic rings. The van der Waals surface area contributed by atoms with Crippen molar-refractivity contribution in [2.75, 3.05) is 0 Å². The molecule has 5 heteroatoms. The fraction of sp³-hybridized carbons (Fsp3) is 0.0588. The Morgan fingerprint density at radius 1 is 1.18 bits per heavy atom. The maximum absolute atomic E-state index is 11.0. The Morgan fingerprint density at radius 2 is 1.91 bits per heavy atom. The molecule has 0 bridgehead atoms. The van der Waals surface area contributed by atoms with Gasteiger partial charge in [-0.05, 0) is 41.5 Å². The number of rotatable bonds is 4. The Bertz CT molecular complexity index is 819. The Balaban J connectivity index is 2.05. The van der Waals surface area contributed by atoms with Gasteiger partial charge in [-0.1, -0.05) is 35.9 Å². The Labute approximate surface area is 136 Å². The molecule has 0 N–H and O–H groups in total. The Morgan fingerprint density at radius 3 is 2.59 bits per heavy atom. The molecule has 3 nitrogen and oxygen atoms in total. The lowest BCUT2D eigenvalue weighted by atomic mass is 10.1. The van der Waals surface area contributed by atoms with E-state index in [4.69, 9.17) is 11.6 Å². The summed E-state index contributed by atoms with van der Waals surface area (Å²) in [6, 6.07) is 14.9. The molecule has 1 aromatic heterocycles. The molecule has 0 unspecified atom stereocenters. The summed E-state index contributed by atoms with van der Waals surface area (Å²) in [6.07, 6.45) is 1.63. The van der Waals surface area contributed by atoms with Gasteiger partial charge in [0.2, 0.25) is 0 Å². The minimum absolute atomic E-state index is 0.178. The second-order valence-corrected chi connectivity index (χ2v) is 6.22. The fourth-order valence-corrected chi connectivity index (χ4v) is 3.22. The van der Waals surface area contributed by atoms with E-state index in [1.54, 1.807) is 12.1 Å². The molecule has 1 heterocycles. The van der Waals surface area contributed by atoms with Gasteiger partial charge in [0.25, 0.3) is 0 Å². The van der Waals surface area contributed by atoms with Gasteiger partial charge in [-0.25, -0.2) is 4.98 Å². The SMILES string of the molecule is O=C([O-])C/C(=C\c1ccc(Cl)cc1)c1nc2ccccc2s1. The van der Waals surface area contributed by atoms with Crippen LogP contribution in [0.15, 0.2) is 48.5 Å². The van der Waals surface area contributed by atoms with E-state index in [0.717, 1.165) is 15.8 Å². The van der Waals surface area contributed by atoms with Crippen molar-refractivity contribution in [3.63, 3.8) is 0 Å². The van der Waals surface area contributed by atoms with E-state index >= 15 is 0 Å². The highest BCUT2D eigenvalue weighted by atomic mass is 35.5. The molecule has 0 aliphatic rings. The number of aromatic nitrogens is 1. The molecule has 0 aliphatic carbocycles. The number of thiazole rings is 1. The highest BCUT2D eigenvalue weighted by Crippen LogP contribution is 2.30. The van der Waals surface area contributed by atoms with Gasteiger partial charge in [0, 0.05) is 17.4 Å². The predicted octanol–water partition coefficient (Wildman–Crippen LogP) is 3.63. The van der Waals surface area contributed by atoms with E-state index in [9.17, 15) is 9.90 Å². The van der Waals surface area contributed by atoms with Crippen molar-refractivity contribution in [2.24, 2.45) is 0 Å². The van der Waals surface area contributed by atoms with Gasteiger partial charge in [0.15, 0.2) is 0 Å². The number of carbonyl (C=O) groups excluding carboxylic acids is 1. The number of fused-ring (bicyclic) bond motifs is 1. The zero-order chi connectivity index (χ0) is 15.5. The molecule has 110 valence electrons. The summed E-state index contributed by atoms with van der Waals surface area (Å²) in [6.45, 7) is 0. The van der Waals surface area contributed by atoms with E-state index in [1.165, 1.54) is 11.3 Å². The number of aliphatic carboxylic acids is 1. The average Bonchev–Trinajstić information content (AvgIpc) is 2.92. The van der Waals surface area contributed by atoms with Gasteiger partial charge in [-0.15, -0.1) is 11.3 Å². The minimum atomic E-state index is -1.13. The van der Waals surface area contributed by atoms with Crippen LogP contribution < -0.4 is 5.11 Å².